The van der Waals surface area contributed by atoms with Gasteiger partial charge in [-0.3, -0.25) is 0 Å². The number of carboxylic acids is 1. The Bertz CT molecular complexity index is 623. The van der Waals surface area contributed by atoms with Gasteiger partial charge in [-0.05, 0) is 35.7 Å². The summed E-state index contributed by atoms with van der Waals surface area (Å²) in [6.45, 7) is 0.692. The number of benzene rings is 1. The summed E-state index contributed by atoms with van der Waals surface area (Å²) in [5.74, 6) is -1.44. The molecule has 0 aliphatic carbocycles. The van der Waals surface area contributed by atoms with Gasteiger partial charge in [-0.2, -0.15) is 0 Å². The summed E-state index contributed by atoms with van der Waals surface area (Å²) < 4.78 is 13.3. The zero-order valence-electron chi connectivity index (χ0n) is 10.9. The molecule has 2 rings (SSSR count). The van der Waals surface area contributed by atoms with Gasteiger partial charge in [0.2, 0.25) is 0 Å². The minimum Gasteiger partial charge on any atom is -0.478 e. The minimum atomic E-state index is -1.05. The minimum absolute atomic E-state index is 0.386. The molecule has 0 amide bonds. The van der Waals surface area contributed by atoms with Crippen molar-refractivity contribution in [3.05, 3.63) is 58.0 Å². The molecule has 2 aromatic rings. The zero-order valence-corrected chi connectivity index (χ0v) is 11.7. The number of halogens is 1. The van der Waals surface area contributed by atoms with Crippen LogP contribution in [0.2, 0.25) is 0 Å². The molecular formula is C15H14FNO2S. The summed E-state index contributed by atoms with van der Waals surface area (Å²) in [6, 6.07) is 8.36. The van der Waals surface area contributed by atoms with E-state index in [4.69, 9.17) is 5.11 Å². The van der Waals surface area contributed by atoms with Gasteiger partial charge in [0.25, 0.3) is 0 Å². The lowest BCUT2D eigenvalue weighted by Gasteiger charge is -2.21. The smallest absolute Gasteiger partial charge is 0.328 e. The van der Waals surface area contributed by atoms with Gasteiger partial charge in [-0.1, -0.05) is 6.07 Å². The highest BCUT2D eigenvalue weighted by atomic mass is 32.1. The average Bonchev–Trinajstić information content (AvgIpc) is 2.89. The highest BCUT2D eigenvalue weighted by Crippen LogP contribution is 2.24. The molecule has 0 bridgehead atoms. The Hall–Kier alpha value is -2.14. The van der Waals surface area contributed by atoms with Gasteiger partial charge >= 0.3 is 5.97 Å². The first-order valence-electron chi connectivity index (χ1n) is 6.00. The lowest BCUT2D eigenvalue weighted by atomic mass is 10.1. The summed E-state index contributed by atoms with van der Waals surface area (Å²) >= 11 is 1.65. The van der Waals surface area contributed by atoms with Crippen molar-refractivity contribution in [2.45, 2.75) is 6.54 Å². The second kappa shape index (κ2) is 6.34. The van der Waals surface area contributed by atoms with Crippen LogP contribution in [0.4, 0.5) is 10.1 Å². The Balaban J connectivity index is 2.27. The third-order valence-corrected chi connectivity index (χ3v) is 3.64. The number of nitrogens with zero attached hydrogens (tertiary/aromatic N) is 1. The zero-order chi connectivity index (χ0) is 14.5. The molecule has 0 spiro atoms. The van der Waals surface area contributed by atoms with E-state index in [0.29, 0.717) is 12.1 Å². The van der Waals surface area contributed by atoms with Crippen molar-refractivity contribution in [3.8, 4) is 0 Å². The Morgan fingerprint density at radius 3 is 2.90 bits per heavy atom. The maximum atomic E-state index is 13.3. The van der Waals surface area contributed by atoms with Crippen molar-refractivity contribution in [2.75, 3.05) is 11.9 Å². The molecule has 1 heterocycles. The first kappa shape index (κ1) is 14.3. The van der Waals surface area contributed by atoms with E-state index in [2.05, 4.69) is 0 Å². The number of thiophene rings is 1. The molecular weight excluding hydrogens is 277 g/mol. The van der Waals surface area contributed by atoms with E-state index in [-0.39, 0.29) is 5.82 Å². The van der Waals surface area contributed by atoms with Crippen LogP contribution in [0.5, 0.6) is 0 Å². The molecule has 20 heavy (non-hydrogen) atoms. The van der Waals surface area contributed by atoms with E-state index in [1.807, 2.05) is 29.5 Å². The van der Waals surface area contributed by atoms with Crippen LogP contribution in [0.15, 0.2) is 41.8 Å². The highest BCUT2D eigenvalue weighted by Gasteiger charge is 2.08. The molecule has 1 aromatic carbocycles. The third kappa shape index (κ3) is 3.68. The van der Waals surface area contributed by atoms with Gasteiger partial charge in [0.05, 0.1) is 6.54 Å². The molecule has 0 unspecified atom stereocenters. The summed E-state index contributed by atoms with van der Waals surface area (Å²) in [5, 5.41) is 10.7. The number of rotatable bonds is 5. The number of carboxylic acid groups (broad SMARTS) is 1. The van der Waals surface area contributed by atoms with E-state index >= 15 is 0 Å². The number of anilines is 1. The Morgan fingerprint density at radius 1 is 1.45 bits per heavy atom. The lowest BCUT2D eigenvalue weighted by molar-refractivity contribution is -0.131. The Labute approximate surface area is 120 Å². The topological polar surface area (TPSA) is 40.5 Å². The average molecular weight is 291 g/mol. The van der Waals surface area contributed by atoms with Crippen molar-refractivity contribution < 1.29 is 14.3 Å². The molecule has 1 aromatic heterocycles. The molecule has 0 fully saturated rings. The Kier molecular flexibility index (Phi) is 4.53. The fourth-order valence-corrected chi connectivity index (χ4v) is 2.65. The fourth-order valence-electron chi connectivity index (χ4n) is 1.89. The first-order valence-corrected chi connectivity index (χ1v) is 6.88. The van der Waals surface area contributed by atoms with Crippen molar-refractivity contribution >= 4 is 29.1 Å². The van der Waals surface area contributed by atoms with E-state index < -0.39 is 5.97 Å². The van der Waals surface area contributed by atoms with Gasteiger partial charge in [0.15, 0.2) is 0 Å². The fraction of sp³-hybridized carbons (Fsp3) is 0.133. The van der Waals surface area contributed by atoms with Gasteiger partial charge in [-0.15, -0.1) is 11.3 Å². The predicted octanol–water partition coefficient (Wildman–Crippen LogP) is 3.62. The van der Waals surface area contributed by atoms with Crippen LogP contribution < -0.4 is 4.90 Å². The van der Waals surface area contributed by atoms with Crippen LogP contribution in [-0.4, -0.2) is 18.1 Å². The first-order chi connectivity index (χ1) is 9.56. The van der Waals surface area contributed by atoms with Crippen molar-refractivity contribution in [2.24, 2.45) is 0 Å². The number of carbonyl (C=O) groups is 1. The van der Waals surface area contributed by atoms with E-state index in [9.17, 15) is 9.18 Å². The van der Waals surface area contributed by atoms with Gasteiger partial charge in [0.1, 0.15) is 5.82 Å². The quantitative estimate of drug-likeness (QED) is 0.855. The summed E-state index contributed by atoms with van der Waals surface area (Å²) in [4.78, 5) is 13.8. The Morgan fingerprint density at radius 2 is 2.25 bits per heavy atom. The standard InChI is InChI=1S/C15H14FNO2S/c1-17(10-13-3-2-8-20-13)14-6-5-12(16)9-11(14)4-7-15(18)19/h2-9H,10H2,1H3,(H,18,19)/b7-4+. The van der Waals surface area contributed by atoms with Crippen molar-refractivity contribution in [3.63, 3.8) is 0 Å². The monoisotopic (exact) mass is 291 g/mol. The molecule has 1 N–H and O–H groups in total. The van der Waals surface area contributed by atoms with Gasteiger partial charge < -0.3 is 10.0 Å². The second-order valence-electron chi connectivity index (χ2n) is 4.31. The predicted molar refractivity (Wildman–Crippen MR) is 79.5 cm³/mol. The van der Waals surface area contributed by atoms with E-state index in [0.717, 1.165) is 11.8 Å². The summed E-state index contributed by atoms with van der Waals surface area (Å²) in [6.07, 6.45) is 2.42. The van der Waals surface area contributed by atoms with Crippen LogP contribution in [-0.2, 0) is 11.3 Å². The maximum Gasteiger partial charge on any atom is 0.328 e. The largest absolute Gasteiger partial charge is 0.478 e. The van der Waals surface area contributed by atoms with Crippen LogP contribution >= 0.6 is 11.3 Å². The molecule has 104 valence electrons. The molecule has 5 heteroatoms. The molecule has 0 radical (unpaired) electrons. The molecule has 0 saturated heterocycles. The number of hydrogen-bond donors (Lipinski definition) is 1. The van der Waals surface area contributed by atoms with Gasteiger partial charge in [0, 0.05) is 29.3 Å². The van der Waals surface area contributed by atoms with Gasteiger partial charge in [-0.25, -0.2) is 9.18 Å². The second-order valence-corrected chi connectivity index (χ2v) is 5.34. The SMILES string of the molecule is CN(Cc1cccs1)c1ccc(F)cc1/C=C/C(=O)O. The molecule has 0 aliphatic rings. The van der Waals surface area contributed by atoms with Crippen LogP contribution in [0.25, 0.3) is 6.08 Å². The molecule has 0 atom stereocenters. The molecule has 3 nitrogen and oxygen atoms in total. The van der Waals surface area contributed by atoms with Crippen LogP contribution in [0, 0.1) is 5.82 Å². The lowest BCUT2D eigenvalue weighted by Crippen LogP contribution is -2.16. The van der Waals surface area contributed by atoms with E-state index in [1.54, 1.807) is 17.4 Å². The van der Waals surface area contributed by atoms with Crippen LogP contribution in [0.3, 0.4) is 0 Å². The van der Waals surface area contributed by atoms with Crippen molar-refractivity contribution in [1.82, 2.24) is 0 Å². The molecule has 0 saturated carbocycles. The number of hydrogen-bond acceptors (Lipinski definition) is 3. The summed E-state index contributed by atoms with van der Waals surface area (Å²) in [5.41, 5.74) is 1.34. The highest BCUT2D eigenvalue weighted by molar-refractivity contribution is 7.09. The number of aliphatic carboxylic acids is 1. The summed E-state index contributed by atoms with van der Waals surface area (Å²) in [7, 11) is 1.89. The molecule has 0 aliphatic heterocycles. The normalized spacial score (nSPS) is 10.9. The van der Waals surface area contributed by atoms with Crippen molar-refractivity contribution in [1.29, 1.82) is 0 Å². The van der Waals surface area contributed by atoms with E-state index in [1.165, 1.54) is 23.1 Å². The maximum absolute atomic E-state index is 13.3. The van der Waals surface area contributed by atoms with Crippen LogP contribution in [0.1, 0.15) is 10.4 Å². The third-order valence-electron chi connectivity index (χ3n) is 2.78.